The lowest BCUT2D eigenvalue weighted by molar-refractivity contribution is -0.0455. The van der Waals surface area contributed by atoms with Gasteiger partial charge in [-0.25, -0.2) is 13.2 Å². The van der Waals surface area contributed by atoms with E-state index in [0.717, 1.165) is 0 Å². The number of sulfone groups is 1. The summed E-state index contributed by atoms with van der Waals surface area (Å²) in [5.41, 5.74) is 1.67. The average Bonchev–Trinajstić information content (AvgIpc) is 2.81. The van der Waals surface area contributed by atoms with Gasteiger partial charge in [0.05, 0.1) is 33.3 Å². The number of carbonyl (C=O) groups excluding carboxylic acids is 1. The second kappa shape index (κ2) is 10.6. The van der Waals surface area contributed by atoms with Crippen molar-refractivity contribution in [3.63, 3.8) is 0 Å². The molecule has 3 aromatic rings. The lowest BCUT2D eigenvalue weighted by atomic mass is 9.95. The standard InChI is InChI=1S/C26H25Cl2F2N3O3S/c1-16(21-4-3-5-23(27)24(21)28)31-25(34)32-19-8-10-20(11-9-19)37(35,36)14-17-6-7-18-13-33(2)15-26(29,30)22(18)12-17/h3-12,16H,13-15H2,1-2H3,(H2,31,32,34). The van der Waals surface area contributed by atoms with Gasteiger partial charge in [-0.15, -0.1) is 0 Å². The second-order valence-electron chi connectivity index (χ2n) is 9.11. The van der Waals surface area contributed by atoms with Crippen molar-refractivity contribution in [3.05, 3.63) is 93.0 Å². The monoisotopic (exact) mass is 567 g/mol. The van der Waals surface area contributed by atoms with Gasteiger partial charge in [0.2, 0.25) is 0 Å². The number of likely N-dealkylation sites (N-methyl/N-ethyl adjacent to an activating group) is 1. The normalized spacial score (nSPS) is 16.1. The Balaban J connectivity index is 1.42. The van der Waals surface area contributed by atoms with Crippen LogP contribution in [0.25, 0.3) is 0 Å². The van der Waals surface area contributed by atoms with Crippen LogP contribution < -0.4 is 10.6 Å². The maximum absolute atomic E-state index is 14.5. The summed E-state index contributed by atoms with van der Waals surface area (Å²) in [7, 11) is -2.19. The molecule has 0 bridgehead atoms. The van der Waals surface area contributed by atoms with Crippen LogP contribution in [0, 0.1) is 0 Å². The van der Waals surface area contributed by atoms with E-state index in [4.69, 9.17) is 23.2 Å². The van der Waals surface area contributed by atoms with E-state index in [9.17, 15) is 22.0 Å². The van der Waals surface area contributed by atoms with Gasteiger partial charge in [0, 0.05) is 17.8 Å². The van der Waals surface area contributed by atoms with Gasteiger partial charge in [0.25, 0.3) is 5.92 Å². The topological polar surface area (TPSA) is 78.5 Å². The van der Waals surface area contributed by atoms with E-state index >= 15 is 0 Å². The Hall–Kier alpha value is -2.72. The van der Waals surface area contributed by atoms with Crippen molar-refractivity contribution >= 4 is 44.8 Å². The van der Waals surface area contributed by atoms with Crippen LogP contribution >= 0.6 is 23.2 Å². The van der Waals surface area contributed by atoms with Crippen LogP contribution in [0.1, 0.15) is 35.2 Å². The van der Waals surface area contributed by atoms with E-state index < -0.39 is 40.1 Å². The Kier molecular flexibility index (Phi) is 7.80. The quantitative estimate of drug-likeness (QED) is 0.362. The first-order valence-electron chi connectivity index (χ1n) is 11.4. The van der Waals surface area contributed by atoms with Crippen LogP contribution in [-0.2, 0) is 28.1 Å². The molecule has 1 aliphatic heterocycles. The van der Waals surface area contributed by atoms with Crippen molar-refractivity contribution in [2.75, 3.05) is 18.9 Å². The highest BCUT2D eigenvalue weighted by Gasteiger charge is 2.39. The molecule has 1 atom stereocenters. The molecule has 196 valence electrons. The molecule has 37 heavy (non-hydrogen) atoms. The minimum atomic E-state index is -3.81. The number of carbonyl (C=O) groups is 1. The Bertz CT molecular complexity index is 1430. The van der Waals surface area contributed by atoms with Crippen LogP contribution in [0.15, 0.2) is 65.6 Å². The molecule has 3 aromatic carbocycles. The van der Waals surface area contributed by atoms with Crippen molar-refractivity contribution in [1.82, 2.24) is 10.2 Å². The molecule has 1 unspecified atom stereocenters. The summed E-state index contributed by atoms with van der Waals surface area (Å²) in [4.78, 5) is 14.0. The van der Waals surface area contributed by atoms with Crippen LogP contribution in [0.4, 0.5) is 19.3 Å². The highest BCUT2D eigenvalue weighted by atomic mass is 35.5. The van der Waals surface area contributed by atoms with E-state index in [-0.39, 0.29) is 10.5 Å². The van der Waals surface area contributed by atoms with E-state index in [1.807, 2.05) is 0 Å². The smallest absolute Gasteiger partial charge is 0.319 e. The van der Waals surface area contributed by atoms with Gasteiger partial charge >= 0.3 is 6.03 Å². The first-order valence-corrected chi connectivity index (χ1v) is 13.8. The molecule has 6 nitrogen and oxygen atoms in total. The van der Waals surface area contributed by atoms with Gasteiger partial charge in [0.1, 0.15) is 0 Å². The largest absolute Gasteiger partial charge is 0.331 e. The molecule has 0 fully saturated rings. The van der Waals surface area contributed by atoms with E-state index in [0.29, 0.717) is 39.0 Å². The molecule has 1 aliphatic rings. The van der Waals surface area contributed by atoms with E-state index in [1.165, 1.54) is 35.2 Å². The summed E-state index contributed by atoms with van der Waals surface area (Å²) >= 11 is 12.2. The van der Waals surface area contributed by atoms with E-state index in [2.05, 4.69) is 10.6 Å². The minimum absolute atomic E-state index is 0.0155. The number of halogens is 4. The van der Waals surface area contributed by atoms with Crippen LogP contribution in [-0.4, -0.2) is 32.9 Å². The number of hydrogen-bond donors (Lipinski definition) is 2. The van der Waals surface area contributed by atoms with Crippen molar-refractivity contribution in [2.24, 2.45) is 0 Å². The third-order valence-corrected chi connectivity index (χ3v) is 8.64. The molecule has 11 heteroatoms. The number of benzene rings is 3. The molecule has 2 amide bonds. The maximum Gasteiger partial charge on any atom is 0.319 e. The number of nitrogens with one attached hydrogen (secondary N) is 2. The van der Waals surface area contributed by atoms with Gasteiger partial charge in [0.15, 0.2) is 9.84 Å². The predicted molar refractivity (Wildman–Crippen MR) is 141 cm³/mol. The van der Waals surface area contributed by atoms with Crippen LogP contribution in [0.2, 0.25) is 10.0 Å². The third-order valence-electron chi connectivity index (χ3n) is 6.10. The fourth-order valence-electron chi connectivity index (χ4n) is 4.31. The summed E-state index contributed by atoms with van der Waals surface area (Å²) < 4.78 is 54.9. The SMILES string of the molecule is CC(NC(=O)Nc1ccc(S(=O)(=O)Cc2ccc3c(c2)C(F)(F)CN(C)C3)cc1)c1cccc(Cl)c1Cl. The van der Waals surface area contributed by atoms with Gasteiger partial charge < -0.3 is 10.6 Å². The summed E-state index contributed by atoms with van der Waals surface area (Å²) in [6.45, 7) is 1.72. The maximum atomic E-state index is 14.5. The van der Waals surface area contributed by atoms with Gasteiger partial charge in [-0.2, -0.15) is 8.78 Å². The molecular weight excluding hydrogens is 543 g/mol. The molecule has 0 saturated carbocycles. The summed E-state index contributed by atoms with van der Waals surface area (Å²) in [6, 6.07) is 14.2. The van der Waals surface area contributed by atoms with Crippen molar-refractivity contribution in [3.8, 4) is 0 Å². The van der Waals surface area contributed by atoms with E-state index in [1.54, 1.807) is 44.3 Å². The van der Waals surface area contributed by atoms with Crippen LogP contribution in [0.5, 0.6) is 0 Å². The van der Waals surface area contributed by atoms with Crippen LogP contribution in [0.3, 0.4) is 0 Å². The zero-order valence-electron chi connectivity index (χ0n) is 20.1. The molecule has 0 radical (unpaired) electrons. The number of alkyl halides is 2. The summed E-state index contributed by atoms with van der Waals surface area (Å²) in [6.07, 6.45) is 0. The van der Waals surface area contributed by atoms with Crippen molar-refractivity contribution in [2.45, 2.75) is 36.1 Å². The second-order valence-corrected chi connectivity index (χ2v) is 11.9. The third kappa shape index (κ3) is 6.23. The summed E-state index contributed by atoms with van der Waals surface area (Å²) in [5.74, 6) is -3.47. The fraction of sp³-hybridized carbons (Fsp3) is 0.269. The number of hydrogen-bond acceptors (Lipinski definition) is 4. The van der Waals surface area contributed by atoms with Crippen molar-refractivity contribution in [1.29, 1.82) is 0 Å². The van der Waals surface area contributed by atoms with Gasteiger partial charge in [-0.05, 0) is 67.1 Å². The Morgan fingerprint density at radius 3 is 2.51 bits per heavy atom. The van der Waals surface area contributed by atoms with Gasteiger partial charge in [-0.1, -0.05) is 47.5 Å². The first-order chi connectivity index (χ1) is 17.4. The molecule has 1 heterocycles. The highest BCUT2D eigenvalue weighted by Crippen LogP contribution is 2.37. The number of rotatable bonds is 6. The number of nitrogens with zero attached hydrogens (tertiary/aromatic N) is 1. The zero-order valence-corrected chi connectivity index (χ0v) is 22.4. The van der Waals surface area contributed by atoms with Gasteiger partial charge in [-0.3, -0.25) is 4.90 Å². The predicted octanol–water partition coefficient (Wildman–Crippen LogP) is 6.39. The molecule has 0 aromatic heterocycles. The Labute approximate surface area is 224 Å². The minimum Gasteiger partial charge on any atom is -0.331 e. The molecule has 0 aliphatic carbocycles. The number of amides is 2. The summed E-state index contributed by atoms with van der Waals surface area (Å²) in [5, 5.41) is 6.12. The first kappa shape index (κ1) is 27.3. The molecule has 0 saturated heterocycles. The zero-order chi connectivity index (χ0) is 27.0. The molecule has 0 spiro atoms. The fourth-order valence-corrected chi connectivity index (χ4v) is 6.11. The molecule has 2 N–H and O–H groups in total. The number of anilines is 1. The highest BCUT2D eigenvalue weighted by molar-refractivity contribution is 7.90. The molecular formula is C26H25Cl2F2N3O3S. The number of urea groups is 1. The Morgan fingerprint density at radius 1 is 1.11 bits per heavy atom. The van der Waals surface area contributed by atoms with Crippen molar-refractivity contribution < 1.29 is 22.0 Å². The number of fused-ring (bicyclic) bond motifs is 1. The lowest BCUT2D eigenvalue weighted by Gasteiger charge is -2.32. The Morgan fingerprint density at radius 2 is 1.81 bits per heavy atom. The lowest BCUT2D eigenvalue weighted by Crippen LogP contribution is -2.38. The molecule has 4 rings (SSSR count). The average molecular weight is 568 g/mol.